The molecule has 3 heterocycles. The zero-order valence-corrected chi connectivity index (χ0v) is 10.9. The zero-order chi connectivity index (χ0) is 13.5. The maximum absolute atomic E-state index is 9.32. The predicted octanol–water partition coefficient (Wildman–Crippen LogP) is 1.94. The van der Waals surface area contributed by atoms with E-state index in [1.165, 1.54) is 5.56 Å². The molecule has 0 spiro atoms. The van der Waals surface area contributed by atoms with E-state index in [0.717, 1.165) is 34.5 Å². The smallest absolute Gasteiger partial charge is 0.140 e. The molecule has 0 fully saturated rings. The Morgan fingerprint density at radius 3 is 3.05 bits per heavy atom. The Morgan fingerprint density at radius 2 is 2.15 bits per heavy atom. The lowest BCUT2D eigenvalue weighted by molar-refractivity contribution is 0.301. The number of nitrogens with zero attached hydrogens (tertiary/aromatic N) is 3. The molecule has 2 N–H and O–H groups in total. The van der Waals surface area contributed by atoms with E-state index >= 15 is 0 Å². The summed E-state index contributed by atoms with van der Waals surface area (Å²) in [4.78, 5) is 6.61. The van der Waals surface area contributed by atoms with Crippen LogP contribution in [0.4, 0.5) is 5.82 Å². The summed E-state index contributed by atoms with van der Waals surface area (Å²) in [5.74, 6) is 0.886. The van der Waals surface area contributed by atoms with Gasteiger partial charge in [-0.2, -0.15) is 5.10 Å². The summed E-state index contributed by atoms with van der Waals surface area (Å²) in [6.45, 7) is 1.40. The van der Waals surface area contributed by atoms with Gasteiger partial charge in [0.15, 0.2) is 0 Å². The molecule has 1 aliphatic rings. The summed E-state index contributed by atoms with van der Waals surface area (Å²) in [6.07, 6.45) is 1.78. The summed E-state index contributed by atoms with van der Waals surface area (Å²) in [6, 6.07) is 10.2. The van der Waals surface area contributed by atoms with Crippen LogP contribution in [0.5, 0.6) is 0 Å². The molecule has 0 saturated heterocycles. The standard InChI is InChI=1S/C15H14N4O/c20-8-7-19-9-10-3-1-2-4-11(10)14-13-12(17-18-14)5-6-16-15(13)19/h1-6,20H,7-9H2,(H,17,18). The molecule has 0 saturated carbocycles. The summed E-state index contributed by atoms with van der Waals surface area (Å²) in [5.41, 5.74) is 4.25. The van der Waals surface area contributed by atoms with Crippen LogP contribution in [0.1, 0.15) is 5.56 Å². The first-order valence-corrected chi connectivity index (χ1v) is 6.65. The van der Waals surface area contributed by atoms with E-state index in [4.69, 9.17) is 0 Å². The minimum atomic E-state index is 0.105. The van der Waals surface area contributed by atoms with Crippen LogP contribution in [0.15, 0.2) is 36.5 Å². The second-order valence-electron chi connectivity index (χ2n) is 4.93. The van der Waals surface area contributed by atoms with Gasteiger partial charge in [0, 0.05) is 24.8 Å². The SMILES string of the molecule is OCCN1Cc2ccccc2-c2n[nH]c3ccnc1c23. The number of aromatic amines is 1. The number of benzene rings is 1. The molecule has 4 rings (SSSR count). The summed E-state index contributed by atoms with van der Waals surface area (Å²) >= 11 is 0. The molecule has 0 atom stereocenters. The van der Waals surface area contributed by atoms with Crippen LogP contribution < -0.4 is 4.90 Å². The van der Waals surface area contributed by atoms with Gasteiger partial charge in [0.05, 0.1) is 17.5 Å². The molecule has 20 heavy (non-hydrogen) atoms. The minimum absolute atomic E-state index is 0.105. The highest BCUT2D eigenvalue weighted by atomic mass is 16.3. The highest BCUT2D eigenvalue weighted by Crippen LogP contribution is 2.38. The third-order valence-corrected chi connectivity index (χ3v) is 3.76. The van der Waals surface area contributed by atoms with E-state index < -0.39 is 0 Å². The van der Waals surface area contributed by atoms with Gasteiger partial charge in [0.2, 0.25) is 0 Å². The molecule has 0 amide bonds. The maximum atomic E-state index is 9.32. The molecular weight excluding hydrogens is 252 g/mol. The van der Waals surface area contributed by atoms with Crippen molar-refractivity contribution < 1.29 is 5.11 Å². The first kappa shape index (κ1) is 11.4. The van der Waals surface area contributed by atoms with Gasteiger partial charge in [-0.15, -0.1) is 0 Å². The van der Waals surface area contributed by atoms with Crippen molar-refractivity contribution in [2.45, 2.75) is 6.54 Å². The Kier molecular flexibility index (Phi) is 2.47. The lowest BCUT2D eigenvalue weighted by Gasteiger charge is -2.22. The maximum Gasteiger partial charge on any atom is 0.140 e. The third-order valence-electron chi connectivity index (χ3n) is 3.76. The second-order valence-corrected chi connectivity index (χ2v) is 4.93. The number of fused-ring (bicyclic) bond motifs is 2. The molecule has 5 heteroatoms. The number of rotatable bonds is 2. The van der Waals surface area contributed by atoms with Crippen molar-refractivity contribution in [3.05, 3.63) is 42.1 Å². The van der Waals surface area contributed by atoms with Crippen LogP contribution in [0.3, 0.4) is 0 Å². The molecule has 100 valence electrons. The Hall–Kier alpha value is -2.40. The van der Waals surface area contributed by atoms with E-state index in [9.17, 15) is 5.11 Å². The van der Waals surface area contributed by atoms with Gasteiger partial charge < -0.3 is 10.0 Å². The fourth-order valence-electron chi connectivity index (χ4n) is 2.86. The lowest BCUT2D eigenvalue weighted by atomic mass is 10.0. The molecule has 0 radical (unpaired) electrons. The highest BCUT2D eigenvalue weighted by Gasteiger charge is 2.23. The van der Waals surface area contributed by atoms with Gasteiger partial charge in [-0.3, -0.25) is 5.10 Å². The summed E-state index contributed by atoms with van der Waals surface area (Å²) in [5, 5.41) is 17.9. The average molecular weight is 266 g/mol. The van der Waals surface area contributed by atoms with E-state index in [1.54, 1.807) is 6.20 Å². The van der Waals surface area contributed by atoms with E-state index in [0.29, 0.717) is 6.54 Å². The largest absolute Gasteiger partial charge is 0.395 e. The highest BCUT2D eigenvalue weighted by molar-refractivity contribution is 6.02. The van der Waals surface area contributed by atoms with Gasteiger partial charge in [0.25, 0.3) is 0 Å². The van der Waals surface area contributed by atoms with Crippen LogP contribution in [0.25, 0.3) is 22.2 Å². The number of aliphatic hydroxyl groups excluding tert-OH is 1. The van der Waals surface area contributed by atoms with Crippen LogP contribution in [-0.2, 0) is 6.54 Å². The van der Waals surface area contributed by atoms with Crippen molar-refractivity contribution in [1.29, 1.82) is 0 Å². The van der Waals surface area contributed by atoms with Crippen LogP contribution in [-0.4, -0.2) is 33.4 Å². The number of H-pyrrole nitrogens is 1. The summed E-state index contributed by atoms with van der Waals surface area (Å²) < 4.78 is 0. The normalized spacial score (nSPS) is 13.3. The number of nitrogens with one attached hydrogen (secondary N) is 1. The molecule has 5 nitrogen and oxygen atoms in total. The van der Waals surface area contributed by atoms with Crippen LogP contribution >= 0.6 is 0 Å². The monoisotopic (exact) mass is 266 g/mol. The zero-order valence-electron chi connectivity index (χ0n) is 10.9. The van der Waals surface area contributed by atoms with Gasteiger partial charge in [-0.1, -0.05) is 24.3 Å². The molecule has 0 unspecified atom stereocenters. The molecule has 2 aromatic heterocycles. The minimum Gasteiger partial charge on any atom is -0.395 e. The number of aromatic nitrogens is 3. The molecule has 0 aliphatic carbocycles. The quantitative estimate of drug-likeness (QED) is 0.744. The number of β-amino-alcohol motifs (C(OH)–C–C–N with tert-alkyl or cyclic N) is 1. The second kappa shape index (κ2) is 4.31. The Bertz CT molecular complexity index is 780. The number of aliphatic hydroxyl groups is 1. The van der Waals surface area contributed by atoms with Crippen molar-refractivity contribution >= 4 is 16.7 Å². The van der Waals surface area contributed by atoms with E-state index in [2.05, 4.69) is 32.2 Å². The first-order valence-electron chi connectivity index (χ1n) is 6.65. The number of hydrogen-bond donors (Lipinski definition) is 2. The van der Waals surface area contributed by atoms with Gasteiger partial charge in [-0.25, -0.2) is 4.98 Å². The van der Waals surface area contributed by atoms with Crippen LogP contribution in [0.2, 0.25) is 0 Å². The van der Waals surface area contributed by atoms with Crippen molar-refractivity contribution in [1.82, 2.24) is 15.2 Å². The average Bonchev–Trinajstić information content (AvgIpc) is 2.85. The van der Waals surface area contributed by atoms with E-state index in [1.807, 2.05) is 18.2 Å². The molecule has 1 aliphatic heterocycles. The van der Waals surface area contributed by atoms with Crippen molar-refractivity contribution in [2.24, 2.45) is 0 Å². The third kappa shape index (κ3) is 1.53. The Morgan fingerprint density at radius 1 is 1.25 bits per heavy atom. The molecule has 3 aromatic rings. The molecular formula is C15H14N4O. The number of pyridine rings is 1. The fraction of sp³-hybridized carbons (Fsp3) is 0.200. The Labute approximate surface area is 115 Å². The topological polar surface area (TPSA) is 65.0 Å². The first-order chi connectivity index (χ1) is 9.88. The van der Waals surface area contributed by atoms with Crippen LogP contribution in [0, 0.1) is 0 Å². The molecule has 0 bridgehead atoms. The van der Waals surface area contributed by atoms with Crippen molar-refractivity contribution in [2.75, 3.05) is 18.1 Å². The van der Waals surface area contributed by atoms with Gasteiger partial charge >= 0.3 is 0 Å². The summed E-state index contributed by atoms with van der Waals surface area (Å²) in [7, 11) is 0. The lowest BCUT2D eigenvalue weighted by Crippen LogP contribution is -2.26. The fourth-order valence-corrected chi connectivity index (χ4v) is 2.86. The Balaban J connectivity index is 2.06. The van der Waals surface area contributed by atoms with Gasteiger partial charge in [-0.05, 0) is 11.6 Å². The predicted molar refractivity (Wildman–Crippen MR) is 77.5 cm³/mol. The van der Waals surface area contributed by atoms with Crippen molar-refractivity contribution in [3.63, 3.8) is 0 Å². The number of anilines is 1. The van der Waals surface area contributed by atoms with Crippen molar-refractivity contribution in [3.8, 4) is 11.3 Å². The number of hydrogen-bond acceptors (Lipinski definition) is 4. The molecule has 1 aromatic carbocycles. The van der Waals surface area contributed by atoms with Gasteiger partial charge in [0.1, 0.15) is 11.5 Å². The van der Waals surface area contributed by atoms with E-state index in [-0.39, 0.29) is 6.61 Å².